The number of esters is 1. The molecule has 0 aliphatic carbocycles. The lowest BCUT2D eigenvalue weighted by Crippen LogP contribution is -2.09. The molecule has 3 nitrogen and oxygen atoms in total. The number of carbonyl (C=O) groups excluding carboxylic acids is 2. The SMILES string of the molecule is C=CC(=O)C1OC(=O)c2ccccc21. The standard InChI is InChI=1S/C11H8O3/c1-2-9(12)10-7-5-3-4-6-8(7)11(13)14-10/h2-6,10H,1H2. The number of hydrogen-bond acceptors (Lipinski definition) is 3. The van der Waals surface area contributed by atoms with Crippen molar-refractivity contribution in [3.05, 3.63) is 48.0 Å². The van der Waals surface area contributed by atoms with Gasteiger partial charge in [0.15, 0.2) is 11.9 Å². The number of cyclic esters (lactones) is 1. The summed E-state index contributed by atoms with van der Waals surface area (Å²) in [6, 6.07) is 6.87. The Kier molecular flexibility index (Phi) is 1.93. The molecule has 0 spiro atoms. The van der Waals surface area contributed by atoms with Crippen molar-refractivity contribution < 1.29 is 14.3 Å². The Morgan fingerprint density at radius 1 is 1.43 bits per heavy atom. The van der Waals surface area contributed by atoms with Crippen LogP contribution in [0.2, 0.25) is 0 Å². The molecular weight excluding hydrogens is 180 g/mol. The van der Waals surface area contributed by atoms with Gasteiger partial charge >= 0.3 is 5.97 Å². The van der Waals surface area contributed by atoms with Crippen LogP contribution in [0.4, 0.5) is 0 Å². The maximum atomic E-state index is 11.3. The summed E-state index contributed by atoms with van der Waals surface area (Å²) in [6.07, 6.45) is 0.372. The van der Waals surface area contributed by atoms with Crippen LogP contribution in [-0.2, 0) is 9.53 Å². The Morgan fingerprint density at radius 2 is 2.14 bits per heavy atom. The van der Waals surface area contributed by atoms with E-state index in [4.69, 9.17) is 4.74 Å². The largest absolute Gasteiger partial charge is 0.445 e. The monoisotopic (exact) mass is 188 g/mol. The molecule has 1 aromatic rings. The molecule has 1 atom stereocenters. The first-order chi connectivity index (χ1) is 6.74. The third kappa shape index (κ3) is 1.14. The van der Waals surface area contributed by atoms with Gasteiger partial charge in [-0.25, -0.2) is 4.79 Å². The van der Waals surface area contributed by atoms with E-state index < -0.39 is 12.1 Å². The third-order valence-electron chi connectivity index (χ3n) is 2.15. The van der Waals surface area contributed by atoms with E-state index in [-0.39, 0.29) is 5.78 Å². The fourth-order valence-electron chi connectivity index (χ4n) is 1.46. The van der Waals surface area contributed by atoms with Gasteiger partial charge in [-0.2, -0.15) is 0 Å². The van der Waals surface area contributed by atoms with Crippen LogP contribution in [0.1, 0.15) is 22.0 Å². The second-order valence-corrected chi connectivity index (χ2v) is 2.98. The van der Waals surface area contributed by atoms with E-state index in [1.54, 1.807) is 24.3 Å². The topological polar surface area (TPSA) is 43.4 Å². The highest BCUT2D eigenvalue weighted by Gasteiger charge is 2.33. The summed E-state index contributed by atoms with van der Waals surface area (Å²) in [7, 11) is 0. The summed E-state index contributed by atoms with van der Waals surface area (Å²) < 4.78 is 4.92. The van der Waals surface area contributed by atoms with Crippen LogP contribution >= 0.6 is 0 Å². The van der Waals surface area contributed by atoms with Crippen LogP contribution in [0.3, 0.4) is 0 Å². The summed E-state index contributed by atoms with van der Waals surface area (Å²) in [5.41, 5.74) is 1.09. The predicted octanol–water partition coefficient (Wildman–Crippen LogP) is 1.65. The lowest BCUT2D eigenvalue weighted by molar-refractivity contribution is -0.122. The Hall–Kier alpha value is -1.90. The Balaban J connectivity index is 2.49. The molecule has 14 heavy (non-hydrogen) atoms. The van der Waals surface area contributed by atoms with E-state index in [1.165, 1.54) is 6.08 Å². The van der Waals surface area contributed by atoms with Crippen molar-refractivity contribution in [2.45, 2.75) is 6.10 Å². The molecule has 0 amide bonds. The smallest absolute Gasteiger partial charge is 0.339 e. The second-order valence-electron chi connectivity index (χ2n) is 2.98. The zero-order valence-electron chi connectivity index (χ0n) is 7.40. The Morgan fingerprint density at radius 3 is 2.86 bits per heavy atom. The second kappa shape index (κ2) is 3.10. The van der Waals surface area contributed by atoms with Gasteiger partial charge in [0.05, 0.1) is 5.56 Å². The van der Waals surface area contributed by atoms with Crippen LogP contribution < -0.4 is 0 Å². The highest BCUT2D eigenvalue weighted by atomic mass is 16.6. The normalized spacial score (nSPS) is 18.6. The van der Waals surface area contributed by atoms with E-state index in [2.05, 4.69) is 6.58 Å². The third-order valence-corrected chi connectivity index (χ3v) is 2.15. The van der Waals surface area contributed by atoms with Crippen molar-refractivity contribution >= 4 is 11.8 Å². The first-order valence-electron chi connectivity index (χ1n) is 4.20. The molecule has 2 rings (SSSR count). The van der Waals surface area contributed by atoms with Crippen molar-refractivity contribution in [2.75, 3.05) is 0 Å². The van der Waals surface area contributed by atoms with E-state index in [9.17, 15) is 9.59 Å². The molecular formula is C11H8O3. The quantitative estimate of drug-likeness (QED) is 0.523. The lowest BCUT2D eigenvalue weighted by atomic mass is 10.0. The summed E-state index contributed by atoms with van der Waals surface area (Å²) in [4.78, 5) is 22.6. The van der Waals surface area contributed by atoms with Gasteiger partial charge in [-0.1, -0.05) is 24.8 Å². The number of ketones is 1. The predicted molar refractivity (Wildman–Crippen MR) is 49.8 cm³/mol. The van der Waals surface area contributed by atoms with Crippen LogP contribution in [0.25, 0.3) is 0 Å². The number of ether oxygens (including phenoxy) is 1. The molecule has 0 fully saturated rings. The first kappa shape index (κ1) is 8.69. The highest BCUT2D eigenvalue weighted by Crippen LogP contribution is 2.30. The number of carbonyl (C=O) groups is 2. The summed E-state index contributed by atoms with van der Waals surface area (Å²) in [5, 5.41) is 0. The zero-order chi connectivity index (χ0) is 10.1. The molecule has 0 bridgehead atoms. The van der Waals surface area contributed by atoms with Gasteiger partial charge < -0.3 is 4.74 Å². The summed E-state index contributed by atoms with van der Waals surface area (Å²) >= 11 is 0. The minimum atomic E-state index is -0.795. The van der Waals surface area contributed by atoms with Crippen LogP contribution in [0.15, 0.2) is 36.9 Å². The highest BCUT2D eigenvalue weighted by molar-refractivity contribution is 6.03. The van der Waals surface area contributed by atoms with Crippen LogP contribution in [0, 0.1) is 0 Å². The van der Waals surface area contributed by atoms with Crippen molar-refractivity contribution in [3.63, 3.8) is 0 Å². The molecule has 1 aliphatic rings. The summed E-state index contributed by atoms with van der Waals surface area (Å²) in [6.45, 7) is 3.36. The Labute approximate surface area is 81.0 Å². The van der Waals surface area contributed by atoms with Crippen LogP contribution in [-0.4, -0.2) is 11.8 Å². The van der Waals surface area contributed by atoms with Crippen molar-refractivity contribution in [1.29, 1.82) is 0 Å². The number of hydrogen-bond donors (Lipinski definition) is 0. The minimum absolute atomic E-state index is 0.289. The fraction of sp³-hybridized carbons (Fsp3) is 0.0909. The van der Waals surface area contributed by atoms with Gasteiger partial charge in [-0.3, -0.25) is 4.79 Å². The van der Waals surface area contributed by atoms with Gasteiger partial charge in [0.1, 0.15) is 0 Å². The van der Waals surface area contributed by atoms with Gasteiger partial charge in [0.2, 0.25) is 0 Å². The molecule has 0 saturated heterocycles. The van der Waals surface area contributed by atoms with Gasteiger partial charge in [0, 0.05) is 5.56 Å². The van der Waals surface area contributed by atoms with Crippen molar-refractivity contribution in [1.82, 2.24) is 0 Å². The number of rotatable bonds is 2. The Bertz CT molecular complexity index is 420. The van der Waals surface area contributed by atoms with E-state index in [1.807, 2.05) is 0 Å². The molecule has 0 N–H and O–H groups in total. The van der Waals surface area contributed by atoms with E-state index >= 15 is 0 Å². The van der Waals surface area contributed by atoms with Gasteiger partial charge in [0.25, 0.3) is 0 Å². The molecule has 1 unspecified atom stereocenters. The lowest BCUT2D eigenvalue weighted by Gasteiger charge is -2.04. The maximum absolute atomic E-state index is 11.3. The van der Waals surface area contributed by atoms with Crippen molar-refractivity contribution in [2.24, 2.45) is 0 Å². The maximum Gasteiger partial charge on any atom is 0.339 e. The average molecular weight is 188 g/mol. The molecule has 1 aromatic carbocycles. The summed E-state index contributed by atoms with van der Waals surface area (Å²) in [5.74, 6) is -0.732. The molecule has 0 saturated carbocycles. The molecule has 1 aliphatic heterocycles. The van der Waals surface area contributed by atoms with Crippen molar-refractivity contribution in [3.8, 4) is 0 Å². The number of fused-ring (bicyclic) bond motifs is 1. The fourth-order valence-corrected chi connectivity index (χ4v) is 1.46. The average Bonchev–Trinajstić information content (AvgIpc) is 2.56. The molecule has 0 aromatic heterocycles. The zero-order valence-corrected chi connectivity index (χ0v) is 7.40. The molecule has 70 valence electrons. The van der Waals surface area contributed by atoms with E-state index in [0.29, 0.717) is 11.1 Å². The van der Waals surface area contributed by atoms with Gasteiger partial charge in [-0.05, 0) is 12.1 Å². The first-order valence-corrected chi connectivity index (χ1v) is 4.20. The van der Waals surface area contributed by atoms with Gasteiger partial charge in [-0.15, -0.1) is 0 Å². The number of benzene rings is 1. The molecule has 3 heteroatoms. The van der Waals surface area contributed by atoms with E-state index in [0.717, 1.165) is 0 Å². The molecule has 0 radical (unpaired) electrons. The molecule has 1 heterocycles. The minimum Gasteiger partial charge on any atom is -0.445 e. The van der Waals surface area contributed by atoms with Crippen LogP contribution in [0.5, 0.6) is 0 Å².